The van der Waals surface area contributed by atoms with Gasteiger partial charge in [0.1, 0.15) is 5.82 Å². The fourth-order valence-electron chi connectivity index (χ4n) is 3.85. The van der Waals surface area contributed by atoms with Crippen LogP contribution in [0.3, 0.4) is 0 Å². The third-order valence-corrected chi connectivity index (χ3v) is 5.31. The van der Waals surface area contributed by atoms with Gasteiger partial charge in [-0.1, -0.05) is 54.6 Å². The highest BCUT2D eigenvalue weighted by Crippen LogP contribution is 2.30. The van der Waals surface area contributed by atoms with Gasteiger partial charge in [0.15, 0.2) is 0 Å². The first kappa shape index (κ1) is 18.7. The van der Waals surface area contributed by atoms with E-state index in [0.29, 0.717) is 23.4 Å². The van der Waals surface area contributed by atoms with E-state index < -0.39 is 5.97 Å². The van der Waals surface area contributed by atoms with Crippen LogP contribution in [0.1, 0.15) is 21.7 Å². The van der Waals surface area contributed by atoms with Crippen molar-refractivity contribution in [3.8, 4) is 22.5 Å². The molecule has 3 aromatic carbocycles. The first-order valence-corrected chi connectivity index (χ1v) is 9.73. The molecule has 152 valence electrons. The highest BCUT2D eigenvalue weighted by molar-refractivity contribution is 6.01. The van der Waals surface area contributed by atoms with Gasteiger partial charge < -0.3 is 9.67 Å². The Hall–Kier alpha value is -4.33. The van der Waals surface area contributed by atoms with Crippen molar-refractivity contribution < 1.29 is 9.90 Å². The molecule has 5 rings (SSSR count). The van der Waals surface area contributed by atoms with E-state index in [4.69, 9.17) is 0 Å². The lowest BCUT2D eigenvalue weighted by Gasteiger charge is -2.11. The number of carbonyl (C=O) groups is 1. The standard InChI is InChI=1S/C23H18N6O2/c1-14-24-20-8-4-7-19(23(30)31)21(20)29(14)13-15-9-11-16(12-10-15)17-5-2-3-6-18(17)22-25-27-28-26-22/h2-12H,13H2,1H3,(H,30,31)(H,25,26,27,28). The number of aryl methyl sites for hydroxylation is 1. The maximum atomic E-state index is 11.7. The zero-order valence-electron chi connectivity index (χ0n) is 16.6. The lowest BCUT2D eigenvalue weighted by atomic mass is 9.98. The normalized spacial score (nSPS) is 11.1. The van der Waals surface area contributed by atoms with Crippen molar-refractivity contribution in [1.29, 1.82) is 0 Å². The number of nitrogens with zero attached hydrogens (tertiary/aromatic N) is 5. The molecule has 0 atom stereocenters. The van der Waals surface area contributed by atoms with Gasteiger partial charge in [0.2, 0.25) is 5.82 Å². The van der Waals surface area contributed by atoms with Gasteiger partial charge in [-0.2, -0.15) is 5.21 Å². The van der Waals surface area contributed by atoms with Gasteiger partial charge in [-0.25, -0.2) is 9.78 Å². The van der Waals surface area contributed by atoms with E-state index >= 15 is 0 Å². The largest absolute Gasteiger partial charge is 0.478 e. The van der Waals surface area contributed by atoms with E-state index in [1.807, 2.05) is 66.1 Å². The highest BCUT2D eigenvalue weighted by atomic mass is 16.4. The van der Waals surface area contributed by atoms with Crippen LogP contribution < -0.4 is 0 Å². The minimum absolute atomic E-state index is 0.253. The summed E-state index contributed by atoms with van der Waals surface area (Å²) in [6.07, 6.45) is 0. The van der Waals surface area contributed by atoms with E-state index in [2.05, 4.69) is 25.6 Å². The number of hydrogen-bond acceptors (Lipinski definition) is 5. The van der Waals surface area contributed by atoms with E-state index in [9.17, 15) is 9.90 Å². The summed E-state index contributed by atoms with van der Waals surface area (Å²) in [5.41, 5.74) is 5.55. The molecule has 2 heterocycles. The molecule has 0 aliphatic heterocycles. The zero-order valence-corrected chi connectivity index (χ0v) is 16.6. The Bertz CT molecular complexity index is 1390. The van der Waals surface area contributed by atoms with Crippen LogP contribution in [0.15, 0.2) is 66.7 Å². The maximum Gasteiger partial charge on any atom is 0.337 e. The molecule has 0 saturated carbocycles. The number of rotatable bonds is 5. The predicted octanol–water partition coefficient (Wildman–Crippen LogP) is 3.94. The number of hydrogen-bond donors (Lipinski definition) is 2. The number of tetrazole rings is 1. The van der Waals surface area contributed by atoms with E-state index in [0.717, 1.165) is 28.1 Å². The average Bonchev–Trinajstić information content (AvgIpc) is 3.42. The Balaban J connectivity index is 1.51. The molecule has 0 bridgehead atoms. The number of aromatic carboxylic acids is 1. The van der Waals surface area contributed by atoms with Gasteiger partial charge in [-0.15, -0.1) is 10.2 Å². The molecule has 8 heteroatoms. The second-order valence-electron chi connectivity index (χ2n) is 7.20. The number of aromatic amines is 1. The Morgan fingerprint density at radius 1 is 1.00 bits per heavy atom. The number of aromatic nitrogens is 6. The molecule has 5 aromatic rings. The number of nitrogens with one attached hydrogen (secondary N) is 1. The molecule has 31 heavy (non-hydrogen) atoms. The topological polar surface area (TPSA) is 110 Å². The molecule has 0 saturated heterocycles. The van der Waals surface area contributed by atoms with Crippen LogP contribution in [-0.2, 0) is 6.54 Å². The monoisotopic (exact) mass is 410 g/mol. The fraction of sp³-hybridized carbons (Fsp3) is 0.0870. The predicted molar refractivity (Wildman–Crippen MR) is 116 cm³/mol. The summed E-state index contributed by atoms with van der Waals surface area (Å²) < 4.78 is 1.95. The SMILES string of the molecule is Cc1nc2cccc(C(=O)O)c2n1Cc1ccc(-c2ccccc2-c2nn[nH]n2)cc1. The lowest BCUT2D eigenvalue weighted by molar-refractivity contribution is 0.0698. The van der Waals surface area contributed by atoms with E-state index in [1.54, 1.807) is 12.1 Å². The minimum Gasteiger partial charge on any atom is -0.478 e. The molecular weight excluding hydrogens is 392 g/mol. The Labute approximate surface area is 177 Å². The summed E-state index contributed by atoms with van der Waals surface area (Å²) in [6.45, 7) is 2.42. The molecule has 0 aliphatic rings. The van der Waals surface area contributed by atoms with Crippen LogP contribution in [0.2, 0.25) is 0 Å². The third kappa shape index (κ3) is 3.33. The highest BCUT2D eigenvalue weighted by Gasteiger charge is 2.16. The van der Waals surface area contributed by atoms with Gasteiger partial charge in [-0.3, -0.25) is 0 Å². The molecule has 0 spiro atoms. The van der Waals surface area contributed by atoms with Crippen LogP contribution in [0.5, 0.6) is 0 Å². The molecule has 0 radical (unpaired) electrons. The maximum absolute atomic E-state index is 11.7. The molecule has 2 aromatic heterocycles. The quantitative estimate of drug-likeness (QED) is 0.454. The van der Waals surface area contributed by atoms with Crippen molar-refractivity contribution in [3.63, 3.8) is 0 Å². The van der Waals surface area contributed by atoms with Crippen molar-refractivity contribution in [1.82, 2.24) is 30.2 Å². The van der Waals surface area contributed by atoms with E-state index in [-0.39, 0.29) is 5.56 Å². The smallest absolute Gasteiger partial charge is 0.337 e. The van der Waals surface area contributed by atoms with Crippen LogP contribution >= 0.6 is 0 Å². The van der Waals surface area contributed by atoms with Crippen LogP contribution in [-0.4, -0.2) is 41.3 Å². The number of para-hydroxylation sites is 1. The number of H-pyrrole nitrogens is 1. The van der Waals surface area contributed by atoms with Crippen molar-refractivity contribution in [2.45, 2.75) is 13.5 Å². The second kappa shape index (κ2) is 7.49. The fourth-order valence-corrected chi connectivity index (χ4v) is 3.85. The molecule has 2 N–H and O–H groups in total. The minimum atomic E-state index is -0.958. The van der Waals surface area contributed by atoms with Gasteiger partial charge >= 0.3 is 5.97 Å². The van der Waals surface area contributed by atoms with Gasteiger partial charge in [0.05, 0.1) is 16.6 Å². The van der Waals surface area contributed by atoms with Crippen molar-refractivity contribution in [3.05, 3.63) is 83.7 Å². The van der Waals surface area contributed by atoms with Crippen molar-refractivity contribution in [2.75, 3.05) is 0 Å². The summed E-state index contributed by atoms with van der Waals surface area (Å²) in [6, 6.07) is 21.2. The van der Waals surface area contributed by atoms with Gasteiger partial charge in [-0.05, 0) is 41.0 Å². The lowest BCUT2D eigenvalue weighted by Crippen LogP contribution is -2.06. The molecule has 0 amide bonds. The van der Waals surface area contributed by atoms with Crippen LogP contribution in [0.4, 0.5) is 0 Å². The molecular formula is C23H18N6O2. The second-order valence-corrected chi connectivity index (χ2v) is 7.20. The van der Waals surface area contributed by atoms with Crippen molar-refractivity contribution >= 4 is 17.0 Å². The first-order valence-electron chi connectivity index (χ1n) is 9.73. The Kier molecular flexibility index (Phi) is 4.51. The number of carboxylic acids is 1. The summed E-state index contributed by atoms with van der Waals surface area (Å²) in [7, 11) is 0. The summed E-state index contributed by atoms with van der Waals surface area (Å²) in [5, 5.41) is 23.9. The molecule has 8 nitrogen and oxygen atoms in total. The third-order valence-electron chi connectivity index (χ3n) is 5.31. The van der Waals surface area contributed by atoms with Gasteiger partial charge in [0, 0.05) is 12.1 Å². The first-order chi connectivity index (χ1) is 15.1. The van der Waals surface area contributed by atoms with Crippen molar-refractivity contribution in [2.24, 2.45) is 0 Å². The Morgan fingerprint density at radius 3 is 2.48 bits per heavy atom. The number of benzene rings is 3. The molecule has 0 unspecified atom stereocenters. The molecule has 0 fully saturated rings. The van der Waals surface area contributed by atoms with Gasteiger partial charge in [0.25, 0.3) is 0 Å². The van der Waals surface area contributed by atoms with Crippen LogP contribution in [0.25, 0.3) is 33.5 Å². The summed E-state index contributed by atoms with van der Waals surface area (Å²) >= 11 is 0. The summed E-state index contributed by atoms with van der Waals surface area (Å²) in [5.74, 6) is 0.358. The number of fused-ring (bicyclic) bond motifs is 1. The number of carboxylic acid groups (broad SMARTS) is 1. The summed E-state index contributed by atoms with van der Waals surface area (Å²) in [4.78, 5) is 16.2. The van der Waals surface area contributed by atoms with Crippen LogP contribution in [0, 0.1) is 6.92 Å². The average molecular weight is 410 g/mol. The number of imidazole rings is 1. The Morgan fingerprint density at radius 2 is 1.77 bits per heavy atom. The van der Waals surface area contributed by atoms with E-state index in [1.165, 1.54) is 0 Å². The zero-order chi connectivity index (χ0) is 21.4. The molecule has 0 aliphatic carbocycles.